The molecule has 0 aromatic carbocycles. The van der Waals surface area contributed by atoms with Gasteiger partial charge in [-0.3, -0.25) is 4.90 Å². The minimum Gasteiger partial charge on any atom is -0.381 e. The summed E-state index contributed by atoms with van der Waals surface area (Å²) in [4.78, 5) is 9.17. The number of piperazine rings is 1. The van der Waals surface area contributed by atoms with E-state index in [0.717, 1.165) is 51.5 Å². The Morgan fingerprint density at radius 1 is 1.43 bits per heavy atom. The molecule has 1 aromatic rings. The van der Waals surface area contributed by atoms with Gasteiger partial charge in [-0.05, 0) is 20.5 Å². The van der Waals surface area contributed by atoms with Crippen LogP contribution < -0.4 is 5.73 Å². The van der Waals surface area contributed by atoms with E-state index >= 15 is 0 Å². The zero-order valence-corrected chi connectivity index (χ0v) is 13.1. The van der Waals surface area contributed by atoms with Crippen LogP contribution in [-0.4, -0.2) is 72.3 Å². The lowest BCUT2D eigenvalue weighted by Crippen LogP contribution is -2.51. The molecule has 2 N–H and O–H groups in total. The SMILES string of the molecule is CN1CCN(C)C(Cn2cncc2C(N)C2CCOC2)C1. The van der Waals surface area contributed by atoms with Gasteiger partial charge in [0.15, 0.2) is 0 Å². The maximum Gasteiger partial charge on any atom is 0.0949 e. The number of likely N-dealkylation sites (N-methyl/N-ethyl adjacent to an activating group) is 2. The molecule has 0 aliphatic carbocycles. The number of nitrogens with two attached hydrogens (primary N) is 1. The summed E-state index contributed by atoms with van der Waals surface area (Å²) in [6, 6.07) is 0.547. The molecule has 0 spiro atoms. The molecule has 2 fully saturated rings. The molecule has 6 heteroatoms. The average molecular weight is 293 g/mol. The summed E-state index contributed by atoms with van der Waals surface area (Å²) in [6.45, 7) is 5.92. The predicted molar refractivity (Wildman–Crippen MR) is 82.0 cm³/mol. The van der Waals surface area contributed by atoms with Crippen LogP contribution in [0.5, 0.6) is 0 Å². The van der Waals surface area contributed by atoms with Crippen LogP contribution in [0.4, 0.5) is 0 Å². The Balaban J connectivity index is 1.69. The molecule has 118 valence electrons. The Kier molecular flexibility index (Phi) is 4.59. The molecule has 0 bridgehead atoms. The normalized spacial score (nSPS) is 29.9. The van der Waals surface area contributed by atoms with Gasteiger partial charge in [0.2, 0.25) is 0 Å². The molecule has 3 atom stereocenters. The van der Waals surface area contributed by atoms with Crippen molar-refractivity contribution in [3.05, 3.63) is 18.2 Å². The first-order chi connectivity index (χ1) is 10.1. The lowest BCUT2D eigenvalue weighted by Gasteiger charge is -2.38. The Hall–Kier alpha value is -0.950. The van der Waals surface area contributed by atoms with E-state index in [1.807, 2.05) is 12.5 Å². The summed E-state index contributed by atoms with van der Waals surface area (Å²) in [5, 5.41) is 0. The monoisotopic (exact) mass is 293 g/mol. The van der Waals surface area contributed by atoms with Crippen molar-refractivity contribution in [2.24, 2.45) is 11.7 Å². The van der Waals surface area contributed by atoms with E-state index < -0.39 is 0 Å². The lowest BCUT2D eigenvalue weighted by atomic mass is 9.97. The quantitative estimate of drug-likeness (QED) is 0.857. The van der Waals surface area contributed by atoms with Gasteiger partial charge in [0.25, 0.3) is 0 Å². The standard InChI is InChI=1S/C15H27N5O/c1-18-4-5-19(2)13(8-18)9-20-11-17-7-14(20)15(16)12-3-6-21-10-12/h7,11-13,15H,3-6,8-10,16H2,1-2H3. The number of rotatable bonds is 4. The van der Waals surface area contributed by atoms with Gasteiger partial charge in [-0.25, -0.2) is 4.98 Å². The van der Waals surface area contributed by atoms with E-state index in [-0.39, 0.29) is 6.04 Å². The van der Waals surface area contributed by atoms with Crippen molar-refractivity contribution in [3.8, 4) is 0 Å². The molecule has 2 aliphatic rings. The average Bonchev–Trinajstić information content (AvgIpc) is 3.13. The van der Waals surface area contributed by atoms with E-state index in [4.69, 9.17) is 10.5 Å². The van der Waals surface area contributed by atoms with Crippen LogP contribution >= 0.6 is 0 Å². The van der Waals surface area contributed by atoms with Gasteiger partial charge in [0.05, 0.1) is 24.7 Å². The summed E-state index contributed by atoms with van der Waals surface area (Å²) in [5.74, 6) is 0.423. The highest BCUT2D eigenvalue weighted by molar-refractivity contribution is 5.07. The van der Waals surface area contributed by atoms with Crippen molar-refractivity contribution in [2.75, 3.05) is 46.9 Å². The Morgan fingerprint density at radius 2 is 2.29 bits per heavy atom. The molecule has 6 nitrogen and oxygen atoms in total. The topological polar surface area (TPSA) is 59.5 Å². The fourth-order valence-corrected chi connectivity index (χ4v) is 3.36. The maximum atomic E-state index is 6.45. The van der Waals surface area contributed by atoms with Crippen molar-refractivity contribution >= 4 is 0 Å². The second-order valence-electron chi connectivity index (χ2n) is 6.52. The lowest BCUT2D eigenvalue weighted by molar-refractivity contribution is 0.102. The minimum atomic E-state index is 0.0293. The van der Waals surface area contributed by atoms with Gasteiger partial charge < -0.3 is 19.9 Å². The van der Waals surface area contributed by atoms with Crippen LogP contribution in [0.1, 0.15) is 18.2 Å². The van der Waals surface area contributed by atoms with Crippen LogP contribution in [0, 0.1) is 5.92 Å². The van der Waals surface area contributed by atoms with Gasteiger partial charge in [-0.1, -0.05) is 0 Å². The molecule has 0 radical (unpaired) electrons. The van der Waals surface area contributed by atoms with Crippen LogP contribution in [0.2, 0.25) is 0 Å². The molecule has 1 aromatic heterocycles. The third kappa shape index (κ3) is 3.29. The van der Waals surface area contributed by atoms with Gasteiger partial charge >= 0.3 is 0 Å². The number of hydrogen-bond acceptors (Lipinski definition) is 5. The number of aromatic nitrogens is 2. The van der Waals surface area contributed by atoms with Crippen molar-refractivity contribution in [3.63, 3.8) is 0 Å². The molecule has 3 rings (SSSR count). The molecule has 2 saturated heterocycles. The molecular formula is C15H27N5O. The molecule has 21 heavy (non-hydrogen) atoms. The highest BCUT2D eigenvalue weighted by Gasteiger charge is 2.28. The Morgan fingerprint density at radius 3 is 3.05 bits per heavy atom. The third-order valence-electron chi connectivity index (χ3n) is 4.95. The summed E-state index contributed by atoms with van der Waals surface area (Å²) in [6.07, 6.45) is 4.90. The smallest absolute Gasteiger partial charge is 0.0949 e. The zero-order chi connectivity index (χ0) is 14.8. The predicted octanol–water partition coefficient (Wildman–Crippen LogP) is 0.165. The summed E-state index contributed by atoms with van der Waals surface area (Å²) >= 11 is 0. The van der Waals surface area contributed by atoms with Gasteiger partial charge in [-0.2, -0.15) is 0 Å². The molecular weight excluding hydrogens is 266 g/mol. The zero-order valence-electron chi connectivity index (χ0n) is 13.1. The molecule has 2 aliphatic heterocycles. The van der Waals surface area contributed by atoms with Crippen LogP contribution in [0.15, 0.2) is 12.5 Å². The second-order valence-corrected chi connectivity index (χ2v) is 6.52. The number of ether oxygens (including phenoxy) is 1. The van der Waals surface area contributed by atoms with E-state index in [1.54, 1.807) is 0 Å². The first-order valence-corrected chi connectivity index (χ1v) is 7.87. The molecule has 3 unspecified atom stereocenters. The van der Waals surface area contributed by atoms with E-state index in [2.05, 4.69) is 33.4 Å². The van der Waals surface area contributed by atoms with Gasteiger partial charge in [-0.15, -0.1) is 0 Å². The van der Waals surface area contributed by atoms with Gasteiger partial charge in [0, 0.05) is 50.9 Å². The fourth-order valence-electron chi connectivity index (χ4n) is 3.36. The van der Waals surface area contributed by atoms with E-state index in [0.29, 0.717) is 12.0 Å². The maximum absolute atomic E-state index is 6.45. The van der Waals surface area contributed by atoms with Crippen LogP contribution in [0.3, 0.4) is 0 Å². The first-order valence-electron chi connectivity index (χ1n) is 7.87. The van der Waals surface area contributed by atoms with Crippen molar-refractivity contribution in [1.82, 2.24) is 19.4 Å². The highest BCUT2D eigenvalue weighted by atomic mass is 16.5. The summed E-state index contributed by atoms with van der Waals surface area (Å²) in [5.41, 5.74) is 7.59. The van der Waals surface area contributed by atoms with Crippen LogP contribution in [-0.2, 0) is 11.3 Å². The molecule has 3 heterocycles. The first kappa shape index (κ1) is 15.0. The van der Waals surface area contributed by atoms with E-state index in [1.165, 1.54) is 0 Å². The van der Waals surface area contributed by atoms with Crippen molar-refractivity contribution < 1.29 is 4.74 Å². The third-order valence-corrected chi connectivity index (χ3v) is 4.95. The van der Waals surface area contributed by atoms with E-state index in [9.17, 15) is 0 Å². The Labute approximate surface area is 126 Å². The Bertz CT molecular complexity index is 457. The number of hydrogen-bond donors (Lipinski definition) is 1. The minimum absolute atomic E-state index is 0.0293. The largest absolute Gasteiger partial charge is 0.381 e. The summed E-state index contributed by atoms with van der Waals surface area (Å²) < 4.78 is 7.71. The second kappa shape index (κ2) is 6.44. The fraction of sp³-hybridized carbons (Fsp3) is 0.800. The van der Waals surface area contributed by atoms with Crippen molar-refractivity contribution in [2.45, 2.75) is 25.0 Å². The molecule has 0 amide bonds. The van der Waals surface area contributed by atoms with Crippen LogP contribution in [0.25, 0.3) is 0 Å². The molecule has 0 saturated carbocycles. The summed E-state index contributed by atoms with van der Waals surface area (Å²) in [7, 11) is 4.40. The number of nitrogens with zero attached hydrogens (tertiary/aromatic N) is 4. The highest BCUT2D eigenvalue weighted by Crippen LogP contribution is 2.26. The number of imidazole rings is 1. The van der Waals surface area contributed by atoms with Gasteiger partial charge in [0.1, 0.15) is 0 Å². The van der Waals surface area contributed by atoms with Crippen molar-refractivity contribution in [1.29, 1.82) is 0 Å².